The topological polar surface area (TPSA) is 70.2 Å². The van der Waals surface area contributed by atoms with Gasteiger partial charge >= 0.3 is 0 Å². The van der Waals surface area contributed by atoms with E-state index in [1.807, 2.05) is 14.0 Å². The first-order valence-corrected chi connectivity index (χ1v) is 8.97. The number of ether oxygens (including phenoxy) is 1. The third-order valence-electron chi connectivity index (χ3n) is 3.72. The molecule has 21 heavy (non-hydrogen) atoms. The largest absolute Gasteiger partial charge is 0.379 e. The summed E-state index contributed by atoms with van der Waals surface area (Å²) >= 11 is 0. The van der Waals surface area contributed by atoms with Gasteiger partial charge in [-0.05, 0) is 13.6 Å². The number of rotatable bonds is 8. The van der Waals surface area contributed by atoms with Gasteiger partial charge in [0.15, 0.2) is 0 Å². The van der Waals surface area contributed by atoms with Gasteiger partial charge in [-0.25, -0.2) is 8.42 Å². The third-order valence-corrected chi connectivity index (χ3v) is 5.57. The molecule has 0 aromatic heterocycles. The predicted octanol–water partition coefficient (Wildman–Crippen LogP) is -0.551. The van der Waals surface area contributed by atoms with Crippen LogP contribution in [0.1, 0.15) is 13.8 Å². The van der Waals surface area contributed by atoms with E-state index in [2.05, 4.69) is 4.90 Å². The van der Waals surface area contributed by atoms with Crippen LogP contribution in [0.25, 0.3) is 0 Å². The first-order chi connectivity index (χ1) is 9.86. The zero-order valence-electron chi connectivity index (χ0n) is 13.2. The van der Waals surface area contributed by atoms with Gasteiger partial charge in [0.1, 0.15) is 0 Å². The average Bonchev–Trinajstić information content (AvgIpc) is 2.47. The lowest BCUT2D eigenvalue weighted by atomic mass is 10.4. The number of carbonyl (C=O) groups is 1. The highest BCUT2D eigenvalue weighted by Gasteiger charge is 2.25. The SMILES string of the molecule is CCN(C)CCN(CCS(=O)(=O)N1CCOCC1)C(C)=O. The van der Waals surface area contributed by atoms with Gasteiger partial charge in [-0.3, -0.25) is 4.79 Å². The first-order valence-electron chi connectivity index (χ1n) is 7.36. The summed E-state index contributed by atoms with van der Waals surface area (Å²) in [6, 6.07) is 0. The van der Waals surface area contributed by atoms with Crippen LogP contribution >= 0.6 is 0 Å². The Bertz CT molecular complexity index is 421. The number of sulfonamides is 1. The van der Waals surface area contributed by atoms with E-state index >= 15 is 0 Å². The number of likely N-dealkylation sites (N-methyl/N-ethyl adjacent to an activating group) is 1. The van der Waals surface area contributed by atoms with Gasteiger partial charge in [0.05, 0.1) is 19.0 Å². The molecule has 124 valence electrons. The molecule has 0 saturated carbocycles. The van der Waals surface area contributed by atoms with Crippen molar-refractivity contribution in [2.75, 3.05) is 65.3 Å². The van der Waals surface area contributed by atoms with Crippen molar-refractivity contribution in [2.24, 2.45) is 0 Å². The van der Waals surface area contributed by atoms with Crippen molar-refractivity contribution >= 4 is 15.9 Å². The van der Waals surface area contributed by atoms with Crippen molar-refractivity contribution < 1.29 is 17.9 Å². The minimum atomic E-state index is -3.31. The van der Waals surface area contributed by atoms with E-state index in [0.717, 1.165) is 13.1 Å². The highest BCUT2D eigenvalue weighted by atomic mass is 32.2. The summed E-state index contributed by atoms with van der Waals surface area (Å²) in [5.41, 5.74) is 0. The zero-order valence-corrected chi connectivity index (χ0v) is 14.1. The fourth-order valence-electron chi connectivity index (χ4n) is 2.06. The van der Waals surface area contributed by atoms with Crippen LogP contribution in [-0.4, -0.2) is 93.7 Å². The van der Waals surface area contributed by atoms with Crippen molar-refractivity contribution in [3.8, 4) is 0 Å². The molecule has 0 unspecified atom stereocenters. The molecule has 0 spiro atoms. The van der Waals surface area contributed by atoms with Crippen LogP contribution < -0.4 is 0 Å². The van der Waals surface area contributed by atoms with E-state index in [-0.39, 0.29) is 18.2 Å². The zero-order chi connectivity index (χ0) is 15.9. The molecule has 1 amide bonds. The maximum atomic E-state index is 12.2. The Hall–Kier alpha value is -0.700. The Morgan fingerprint density at radius 2 is 1.81 bits per heavy atom. The number of nitrogens with zero attached hydrogens (tertiary/aromatic N) is 3. The molecular formula is C13H27N3O4S. The Kier molecular flexibility index (Phi) is 7.58. The van der Waals surface area contributed by atoms with Gasteiger partial charge < -0.3 is 14.5 Å². The van der Waals surface area contributed by atoms with Crippen LogP contribution in [0.3, 0.4) is 0 Å². The standard InChI is InChI=1S/C13H27N3O4S/c1-4-14(3)5-6-15(13(2)17)9-12-21(18,19)16-7-10-20-11-8-16/h4-12H2,1-3H3. The van der Waals surface area contributed by atoms with E-state index in [4.69, 9.17) is 4.74 Å². The number of amides is 1. The van der Waals surface area contributed by atoms with E-state index in [9.17, 15) is 13.2 Å². The minimum Gasteiger partial charge on any atom is -0.379 e. The molecule has 0 aromatic rings. The Morgan fingerprint density at radius 1 is 1.19 bits per heavy atom. The van der Waals surface area contributed by atoms with Crippen molar-refractivity contribution in [3.05, 3.63) is 0 Å². The lowest BCUT2D eigenvalue weighted by Crippen LogP contribution is -2.45. The Balaban J connectivity index is 2.49. The van der Waals surface area contributed by atoms with Crippen molar-refractivity contribution in [3.63, 3.8) is 0 Å². The molecule has 1 aliphatic rings. The normalized spacial score (nSPS) is 17.1. The lowest BCUT2D eigenvalue weighted by Gasteiger charge is -2.28. The van der Waals surface area contributed by atoms with E-state index in [1.165, 1.54) is 11.2 Å². The summed E-state index contributed by atoms with van der Waals surface area (Å²) in [5, 5.41) is 0. The molecular weight excluding hydrogens is 294 g/mol. The molecule has 0 bridgehead atoms. The van der Waals surface area contributed by atoms with Crippen LogP contribution in [0.4, 0.5) is 0 Å². The number of hydrogen-bond acceptors (Lipinski definition) is 5. The molecule has 0 N–H and O–H groups in total. The van der Waals surface area contributed by atoms with E-state index in [0.29, 0.717) is 32.8 Å². The molecule has 0 atom stereocenters. The Morgan fingerprint density at radius 3 is 2.33 bits per heavy atom. The minimum absolute atomic E-state index is 0.0254. The molecule has 0 aromatic carbocycles. The molecule has 7 nitrogen and oxygen atoms in total. The van der Waals surface area contributed by atoms with Gasteiger partial charge in [-0.1, -0.05) is 6.92 Å². The maximum absolute atomic E-state index is 12.2. The van der Waals surface area contributed by atoms with Gasteiger partial charge in [-0.15, -0.1) is 0 Å². The molecule has 1 rings (SSSR count). The van der Waals surface area contributed by atoms with Crippen molar-refractivity contribution in [1.29, 1.82) is 0 Å². The second-order valence-corrected chi connectivity index (χ2v) is 7.32. The third kappa shape index (κ3) is 6.29. The van der Waals surface area contributed by atoms with Crippen LogP contribution in [-0.2, 0) is 19.6 Å². The summed E-state index contributed by atoms with van der Waals surface area (Å²) in [7, 11) is -1.34. The highest BCUT2D eigenvalue weighted by Crippen LogP contribution is 2.06. The van der Waals surface area contributed by atoms with Gasteiger partial charge in [0.2, 0.25) is 15.9 Å². The monoisotopic (exact) mass is 321 g/mol. The number of morpholine rings is 1. The van der Waals surface area contributed by atoms with E-state index in [1.54, 1.807) is 4.90 Å². The quantitative estimate of drug-likeness (QED) is 0.600. The van der Waals surface area contributed by atoms with Crippen LogP contribution in [0.15, 0.2) is 0 Å². The van der Waals surface area contributed by atoms with E-state index < -0.39 is 10.0 Å². The molecule has 0 radical (unpaired) electrons. The fraction of sp³-hybridized carbons (Fsp3) is 0.923. The Labute approximate surface area is 127 Å². The predicted molar refractivity (Wildman–Crippen MR) is 81.6 cm³/mol. The lowest BCUT2D eigenvalue weighted by molar-refractivity contribution is -0.128. The summed E-state index contributed by atoms with van der Waals surface area (Å²) in [4.78, 5) is 15.3. The summed E-state index contributed by atoms with van der Waals surface area (Å²) in [5.74, 6) is -0.112. The summed E-state index contributed by atoms with van der Waals surface area (Å²) < 4.78 is 31.1. The van der Waals surface area contributed by atoms with Crippen molar-refractivity contribution in [1.82, 2.24) is 14.1 Å². The molecule has 1 fully saturated rings. The van der Waals surface area contributed by atoms with Crippen molar-refractivity contribution in [2.45, 2.75) is 13.8 Å². The van der Waals surface area contributed by atoms with Crippen LogP contribution in [0.2, 0.25) is 0 Å². The first kappa shape index (κ1) is 18.3. The van der Waals surface area contributed by atoms with Gasteiger partial charge in [-0.2, -0.15) is 4.31 Å². The molecule has 1 saturated heterocycles. The molecule has 8 heteroatoms. The summed E-state index contributed by atoms with van der Waals surface area (Å²) in [6.07, 6.45) is 0. The number of carbonyl (C=O) groups excluding carboxylic acids is 1. The fourth-order valence-corrected chi connectivity index (χ4v) is 3.47. The van der Waals surface area contributed by atoms with Crippen LogP contribution in [0, 0.1) is 0 Å². The molecule has 0 aliphatic carbocycles. The maximum Gasteiger partial charge on any atom is 0.219 e. The highest BCUT2D eigenvalue weighted by molar-refractivity contribution is 7.89. The number of hydrogen-bond donors (Lipinski definition) is 0. The molecule has 1 aliphatic heterocycles. The molecule has 1 heterocycles. The average molecular weight is 321 g/mol. The second kappa shape index (κ2) is 8.67. The van der Waals surface area contributed by atoms with Gasteiger partial charge in [0, 0.05) is 39.6 Å². The summed E-state index contributed by atoms with van der Waals surface area (Å²) in [6.45, 7) is 7.65. The van der Waals surface area contributed by atoms with Gasteiger partial charge in [0.25, 0.3) is 0 Å². The smallest absolute Gasteiger partial charge is 0.219 e. The second-order valence-electron chi connectivity index (χ2n) is 5.23. The van der Waals surface area contributed by atoms with Crippen LogP contribution in [0.5, 0.6) is 0 Å².